The van der Waals surface area contributed by atoms with Gasteiger partial charge in [-0.3, -0.25) is 19.9 Å². The van der Waals surface area contributed by atoms with E-state index in [0.717, 1.165) is 45.8 Å². The van der Waals surface area contributed by atoms with Crippen LogP contribution in [0.5, 0.6) is 0 Å². The maximum atomic E-state index is 4.45. The van der Waals surface area contributed by atoms with E-state index >= 15 is 0 Å². The zero-order chi connectivity index (χ0) is 64.9. The number of nitrogens with zero attached hydrogens (tertiary/aromatic N) is 10. The minimum Gasteiger partial charge on any atom is -0.257 e. The smallest absolute Gasteiger partial charge is 0.133 e. The van der Waals surface area contributed by atoms with E-state index in [9.17, 15) is 0 Å². The Balaban J connectivity index is -0.000000281. The molecule has 0 aromatic carbocycles. The van der Waals surface area contributed by atoms with Gasteiger partial charge < -0.3 is 0 Å². The zero-order valence-corrected chi connectivity index (χ0v) is 60.2. The van der Waals surface area contributed by atoms with Crippen molar-refractivity contribution in [2.75, 3.05) is 0 Å². The summed E-state index contributed by atoms with van der Waals surface area (Å²) in [6.45, 7) is 84.4. The summed E-state index contributed by atoms with van der Waals surface area (Å²) in [5.41, 5.74) is 9.52. The van der Waals surface area contributed by atoms with Gasteiger partial charge in [-0.15, -0.1) is 0 Å². The summed E-state index contributed by atoms with van der Waals surface area (Å²) in [6, 6.07) is 4.15. The first kappa shape index (κ1) is 84.2. The second-order valence-corrected chi connectivity index (χ2v) is 29.0. The summed E-state index contributed by atoms with van der Waals surface area (Å²) in [5, 5.41) is 8.53. The van der Waals surface area contributed by atoms with Crippen LogP contribution in [0.1, 0.15) is 334 Å². The van der Waals surface area contributed by atoms with Crippen molar-refractivity contribution in [3.8, 4) is 0 Å². The van der Waals surface area contributed by atoms with E-state index in [4.69, 9.17) is 0 Å². The molecule has 0 saturated heterocycles. The van der Waals surface area contributed by atoms with Crippen molar-refractivity contribution in [1.82, 2.24) is 50.1 Å². The van der Waals surface area contributed by atoms with Gasteiger partial charge in [-0.05, 0) is 34.1 Å². The van der Waals surface area contributed by atoms with Crippen LogP contribution >= 0.6 is 0 Å². The molecule has 10 heteroatoms. The van der Waals surface area contributed by atoms with Gasteiger partial charge >= 0.3 is 0 Å². The van der Waals surface area contributed by atoms with E-state index in [2.05, 4.69) is 270 Å². The molecular weight excluding hydrogens is 981 g/mol. The lowest BCUT2D eigenvalue weighted by atomic mass is 9.89. The Labute approximate surface area is 497 Å². The maximum absolute atomic E-state index is 4.45. The first-order chi connectivity index (χ1) is 36.1. The summed E-state index contributed by atoms with van der Waals surface area (Å²) < 4.78 is 0. The number of rotatable bonds is 0. The first-order valence-corrected chi connectivity index (χ1v) is 30.2. The van der Waals surface area contributed by atoms with Crippen LogP contribution in [0.25, 0.3) is 0 Å². The predicted molar refractivity (Wildman–Crippen MR) is 354 cm³/mol. The van der Waals surface area contributed by atoms with Gasteiger partial charge in [0.15, 0.2) is 0 Å². The molecule has 0 atom stereocenters. The lowest BCUT2D eigenvalue weighted by molar-refractivity contribution is 0.527. The molecule has 10 nitrogen and oxygen atoms in total. The van der Waals surface area contributed by atoms with Gasteiger partial charge in [-0.25, -0.2) is 19.9 Å². The average Bonchev–Trinajstić information content (AvgIpc) is 3.35. The summed E-state index contributed by atoms with van der Waals surface area (Å²) in [6.07, 6.45) is 15.3. The molecule has 0 N–H and O–H groups in total. The summed E-state index contributed by atoms with van der Waals surface area (Å²) in [7, 11) is 0. The Morgan fingerprint density at radius 1 is 0.188 bits per heavy atom. The van der Waals surface area contributed by atoms with E-state index in [1.165, 1.54) is 11.1 Å². The third-order valence-corrected chi connectivity index (χ3v) is 11.0. The lowest BCUT2D eigenvalue weighted by Gasteiger charge is -2.20. The third kappa shape index (κ3) is 34.6. The third-order valence-electron chi connectivity index (χ3n) is 11.0. The van der Waals surface area contributed by atoms with Crippen molar-refractivity contribution >= 4 is 0 Å². The second-order valence-electron chi connectivity index (χ2n) is 29.0. The van der Waals surface area contributed by atoms with Gasteiger partial charge in [-0.1, -0.05) is 277 Å². The molecule has 460 valence electrons. The molecule has 0 aliphatic carbocycles. The molecule has 5 aromatic rings. The highest BCUT2D eigenvalue weighted by Gasteiger charge is 2.24. The van der Waals surface area contributed by atoms with Crippen molar-refractivity contribution in [3.63, 3.8) is 0 Å². The summed E-state index contributed by atoms with van der Waals surface area (Å²) in [4.78, 5) is 35.4. The number of hydrogen-bond acceptors (Lipinski definition) is 10. The van der Waals surface area contributed by atoms with Gasteiger partial charge in [0.25, 0.3) is 0 Å². The molecule has 0 bridgehead atoms. The monoisotopic (exact) mass is 1110 g/mol. The summed E-state index contributed by atoms with van der Waals surface area (Å²) >= 11 is 0. The van der Waals surface area contributed by atoms with Gasteiger partial charge in [0.2, 0.25) is 0 Å². The van der Waals surface area contributed by atoms with E-state index in [1.54, 1.807) is 0 Å². The molecule has 5 rings (SSSR count). The van der Waals surface area contributed by atoms with Crippen LogP contribution in [0.3, 0.4) is 0 Å². The fourth-order valence-corrected chi connectivity index (χ4v) is 5.54. The van der Waals surface area contributed by atoms with Gasteiger partial charge in [-0.2, -0.15) is 10.2 Å². The largest absolute Gasteiger partial charge is 0.257 e. The molecule has 80 heavy (non-hydrogen) atoms. The SMILES string of the molecule is CC.CC.CC.CC.CC.CC(C)(C)c1ccc(C(C)(C)C)nn1.CC(C)(C)c1cnc(C(C)(C)C)cn1.CC(C)(C)c1cnc(C(C)(C)C)cn1.CC(C)(C)c1cnc(C(C)(C)C)nc1.CC(C)(C)c1cnc(C(C)(C)C)nc1. The van der Waals surface area contributed by atoms with Crippen LogP contribution in [-0.2, 0) is 54.1 Å². The van der Waals surface area contributed by atoms with Crippen LogP contribution in [0.4, 0.5) is 0 Å². The van der Waals surface area contributed by atoms with Crippen molar-refractivity contribution in [2.24, 2.45) is 0 Å². The second kappa shape index (κ2) is 36.1. The van der Waals surface area contributed by atoms with Crippen LogP contribution in [0.15, 0.2) is 61.7 Å². The van der Waals surface area contributed by atoms with E-state index < -0.39 is 0 Å². The molecule has 5 heterocycles. The highest BCUT2D eigenvalue weighted by atomic mass is 15.1. The van der Waals surface area contributed by atoms with Crippen molar-refractivity contribution in [3.05, 3.63) is 119 Å². The molecule has 5 aromatic heterocycles. The Hall–Kier alpha value is -4.60. The van der Waals surface area contributed by atoms with Gasteiger partial charge in [0, 0.05) is 92.9 Å². The number of aromatic nitrogens is 10. The van der Waals surface area contributed by atoms with E-state index in [1.807, 2.05) is 119 Å². The molecule has 0 fully saturated rings. The first-order valence-electron chi connectivity index (χ1n) is 30.2. The van der Waals surface area contributed by atoms with Crippen molar-refractivity contribution in [1.29, 1.82) is 0 Å². The molecular formula is C70H130N10. The Bertz CT molecular complexity index is 1720. The zero-order valence-electron chi connectivity index (χ0n) is 60.2. The topological polar surface area (TPSA) is 129 Å². The molecule has 0 saturated carbocycles. The Morgan fingerprint density at radius 2 is 0.350 bits per heavy atom. The quantitative estimate of drug-likeness (QED) is 0.148. The lowest BCUT2D eigenvalue weighted by Crippen LogP contribution is -2.18. The van der Waals surface area contributed by atoms with Gasteiger partial charge in [0.05, 0.1) is 34.2 Å². The maximum Gasteiger partial charge on any atom is 0.133 e. The molecule has 0 radical (unpaired) electrons. The average molecular weight is 1110 g/mol. The van der Waals surface area contributed by atoms with Crippen molar-refractivity contribution in [2.45, 2.75) is 331 Å². The molecule has 0 amide bonds. The normalized spacial score (nSPS) is 11.8. The Morgan fingerprint density at radius 3 is 0.450 bits per heavy atom. The minimum absolute atomic E-state index is 0.0381. The number of hydrogen-bond donors (Lipinski definition) is 0. The van der Waals surface area contributed by atoms with E-state index in [-0.39, 0.29) is 54.1 Å². The van der Waals surface area contributed by atoms with Crippen LogP contribution in [0, 0.1) is 0 Å². The molecule has 0 aliphatic rings. The van der Waals surface area contributed by atoms with Crippen LogP contribution < -0.4 is 0 Å². The molecule has 0 unspecified atom stereocenters. The highest BCUT2D eigenvalue weighted by Crippen LogP contribution is 2.27. The highest BCUT2D eigenvalue weighted by molar-refractivity contribution is 5.21. The summed E-state index contributed by atoms with van der Waals surface area (Å²) in [5.74, 6) is 1.82. The van der Waals surface area contributed by atoms with Crippen LogP contribution in [0.2, 0.25) is 0 Å². The minimum atomic E-state index is 0.0381. The predicted octanol–water partition coefficient (Wildman–Crippen LogP) is 20.5. The van der Waals surface area contributed by atoms with Crippen LogP contribution in [-0.4, -0.2) is 50.1 Å². The fourth-order valence-electron chi connectivity index (χ4n) is 5.54. The fraction of sp³-hybridized carbons (Fsp3) is 0.714. The van der Waals surface area contributed by atoms with Crippen molar-refractivity contribution < 1.29 is 0 Å². The standard InChI is InChI=1S/5C12H20N2.5C2H6/c2*1-11(2,3)9-7-14-10(8-13-9)12(4,5)6;2*1-11(2,3)9-7-13-10(14-8-9)12(4,5)6;1-11(2,3)9-7-8-10(14-13-9)12(4,5)6;5*1-2/h5*7-8H,1-6H3;5*1-2H3. The molecule has 0 aliphatic heterocycles. The van der Waals surface area contributed by atoms with E-state index in [0.29, 0.717) is 0 Å². The van der Waals surface area contributed by atoms with Gasteiger partial charge in [0.1, 0.15) is 11.6 Å². The Kier molecular flexibility index (Phi) is 38.0. The molecule has 0 spiro atoms.